The van der Waals surface area contributed by atoms with Gasteiger partial charge in [0.1, 0.15) is 11.6 Å². The molecule has 0 bridgehead atoms. The van der Waals surface area contributed by atoms with E-state index in [0.29, 0.717) is 6.42 Å². The first-order valence-corrected chi connectivity index (χ1v) is 7.94. The van der Waals surface area contributed by atoms with Gasteiger partial charge in [-0.3, -0.25) is 4.79 Å². The summed E-state index contributed by atoms with van der Waals surface area (Å²) < 4.78 is 5.23. The van der Waals surface area contributed by atoms with Gasteiger partial charge in [-0.1, -0.05) is 20.8 Å². The lowest BCUT2D eigenvalue weighted by Crippen LogP contribution is -2.56. The third-order valence-electron chi connectivity index (χ3n) is 3.66. The Bertz CT molecular complexity index is 439. The zero-order valence-corrected chi connectivity index (χ0v) is 14.9. The van der Waals surface area contributed by atoms with Crippen LogP contribution < -0.4 is 5.32 Å². The van der Waals surface area contributed by atoms with Crippen LogP contribution in [0.2, 0.25) is 0 Å². The van der Waals surface area contributed by atoms with Crippen LogP contribution in [0.1, 0.15) is 48.0 Å². The maximum absolute atomic E-state index is 12.8. The zero-order valence-electron chi connectivity index (χ0n) is 14.9. The van der Waals surface area contributed by atoms with Crippen LogP contribution in [0.25, 0.3) is 0 Å². The number of aliphatic hydroxyl groups excluding tert-OH is 2. The normalized spacial score (nSPS) is 23.6. The molecule has 0 aromatic carbocycles. The van der Waals surface area contributed by atoms with Gasteiger partial charge in [0.2, 0.25) is 5.91 Å². The first kappa shape index (κ1) is 19.7. The van der Waals surface area contributed by atoms with Crippen LogP contribution >= 0.6 is 0 Å². The van der Waals surface area contributed by atoms with Gasteiger partial charge >= 0.3 is 6.09 Å². The lowest BCUT2D eigenvalue weighted by atomic mass is 9.85. The largest absolute Gasteiger partial charge is 0.444 e. The number of aliphatic hydroxyl groups is 2. The number of nitrogens with zero attached hydrogens (tertiary/aromatic N) is 1. The Morgan fingerprint density at radius 3 is 2.26 bits per heavy atom. The molecule has 7 nitrogen and oxygen atoms in total. The van der Waals surface area contributed by atoms with E-state index < -0.39 is 35.3 Å². The molecule has 3 N–H and O–H groups in total. The van der Waals surface area contributed by atoms with Crippen molar-refractivity contribution in [2.24, 2.45) is 5.41 Å². The first-order chi connectivity index (χ1) is 10.3. The molecule has 1 aliphatic heterocycles. The summed E-state index contributed by atoms with van der Waals surface area (Å²) >= 11 is 0. The van der Waals surface area contributed by atoms with Crippen molar-refractivity contribution in [3.8, 4) is 0 Å². The average Bonchev–Trinajstić information content (AvgIpc) is 2.73. The van der Waals surface area contributed by atoms with E-state index in [9.17, 15) is 19.8 Å². The Hall–Kier alpha value is -1.34. The minimum Gasteiger partial charge on any atom is -0.444 e. The number of alkyl carbamates (subject to hydrolysis) is 1. The number of rotatable bonds is 3. The number of hydrogen-bond acceptors (Lipinski definition) is 5. The molecule has 0 spiro atoms. The third-order valence-corrected chi connectivity index (χ3v) is 3.66. The fraction of sp³-hybridized carbons (Fsp3) is 0.875. The molecule has 1 aliphatic rings. The van der Waals surface area contributed by atoms with Crippen molar-refractivity contribution < 1.29 is 24.5 Å². The van der Waals surface area contributed by atoms with Crippen LogP contribution in [0.5, 0.6) is 0 Å². The predicted molar refractivity (Wildman–Crippen MR) is 85.8 cm³/mol. The minimum atomic E-state index is -0.809. The standard InChI is InChI=1S/C16H30N2O5/c1-15(2,3)12(17-14(22)23-16(4,5)6)13(21)18-8-11(20)7-10(18)9-19/h10-12,19-20H,7-9H2,1-6H3,(H,17,22)/t10?,11-,12+/m0/s1. The van der Waals surface area contributed by atoms with Crippen molar-refractivity contribution in [3.63, 3.8) is 0 Å². The minimum absolute atomic E-state index is 0.159. The Morgan fingerprint density at radius 1 is 1.26 bits per heavy atom. The highest BCUT2D eigenvalue weighted by molar-refractivity contribution is 5.87. The molecule has 1 saturated heterocycles. The van der Waals surface area contributed by atoms with Gasteiger partial charge < -0.3 is 25.2 Å². The highest BCUT2D eigenvalue weighted by atomic mass is 16.6. The third kappa shape index (κ3) is 5.66. The van der Waals surface area contributed by atoms with Gasteiger partial charge in [0.05, 0.1) is 18.8 Å². The number of carbonyl (C=O) groups excluding carboxylic acids is 2. The lowest BCUT2D eigenvalue weighted by Gasteiger charge is -2.35. The van der Waals surface area contributed by atoms with Gasteiger partial charge in [0, 0.05) is 6.54 Å². The molecular weight excluding hydrogens is 300 g/mol. The van der Waals surface area contributed by atoms with Crippen molar-refractivity contribution in [2.45, 2.75) is 71.8 Å². The van der Waals surface area contributed by atoms with E-state index in [1.807, 2.05) is 20.8 Å². The van der Waals surface area contributed by atoms with Gasteiger partial charge in [-0.05, 0) is 32.6 Å². The number of β-amino-alcohol motifs (C(OH)–C–C–N with tert-alkyl or cyclic N) is 1. The molecule has 0 radical (unpaired) electrons. The highest BCUT2D eigenvalue weighted by Gasteiger charge is 2.42. The highest BCUT2D eigenvalue weighted by Crippen LogP contribution is 2.26. The summed E-state index contributed by atoms with van der Waals surface area (Å²) in [6.45, 7) is 10.7. The summed E-state index contributed by atoms with van der Waals surface area (Å²) in [5.41, 5.74) is -1.20. The molecule has 0 saturated carbocycles. The fourth-order valence-corrected chi connectivity index (χ4v) is 2.57. The maximum atomic E-state index is 12.8. The number of ether oxygens (including phenoxy) is 1. The maximum Gasteiger partial charge on any atom is 0.408 e. The average molecular weight is 330 g/mol. The second kappa shape index (κ2) is 7.05. The van der Waals surface area contributed by atoms with E-state index in [0.717, 1.165) is 0 Å². The monoisotopic (exact) mass is 330 g/mol. The number of amides is 2. The molecule has 1 heterocycles. The smallest absolute Gasteiger partial charge is 0.408 e. The van der Waals surface area contributed by atoms with Crippen molar-refractivity contribution in [3.05, 3.63) is 0 Å². The number of likely N-dealkylation sites (tertiary alicyclic amines) is 1. The molecular formula is C16H30N2O5. The molecule has 3 atom stereocenters. The molecule has 23 heavy (non-hydrogen) atoms. The van der Waals surface area contributed by atoms with Crippen LogP contribution in [0.3, 0.4) is 0 Å². The van der Waals surface area contributed by atoms with Crippen LogP contribution in [0.4, 0.5) is 4.79 Å². The predicted octanol–water partition coefficient (Wildman–Crippen LogP) is 0.880. The first-order valence-electron chi connectivity index (χ1n) is 7.94. The topological polar surface area (TPSA) is 99.1 Å². The van der Waals surface area contributed by atoms with Crippen molar-refractivity contribution in [2.75, 3.05) is 13.2 Å². The summed E-state index contributed by atoms with van der Waals surface area (Å²) in [5.74, 6) is -0.320. The zero-order chi connectivity index (χ0) is 18.0. The van der Waals surface area contributed by atoms with E-state index in [1.54, 1.807) is 20.8 Å². The molecule has 0 aromatic heterocycles. The van der Waals surface area contributed by atoms with Crippen LogP contribution in [-0.2, 0) is 9.53 Å². The van der Waals surface area contributed by atoms with E-state index in [1.165, 1.54) is 4.90 Å². The quantitative estimate of drug-likeness (QED) is 0.713. The van der Waals surface area contributed by atoms with E-state index >= 15 is 0 Å². The van der Waals surface area contributed by atoms with Gasteiger partial charge in [0.15, 0.2) is 0 Å². The van der Waals surface area contributed by atoms with Crippen molar-refractivity contribution in [1.82, 2.24) is 10.2 Å². The molecule has 7 heteroatoms. The van der Waals surface area contributed by atoms with Gasteiger partial charge in [-0.25, -0.2) is 4.79 Å². The number of hydrogen-bond donors (Lipinski definition) is 3. The van der Waals surface area contributed by atoms with Crippen molar-refractivity contribution in [1.29, 1.82) is 0 Å². The van der Waals surface area contributed by atoms with Crippen LogP contribution in [0, 0.1) is 5.41 Å². The molecule has 1 rings (SSSR count). The number of nitrogens with one attached hydrogen (secondary N) is 1. The molecule has 0 aliphatic carbocycles. The van der Waals surface area contributed by atoms with Crippen LogP contribution in [0.15, 0.2) is 0 Å². The fourth-order valence-electron chi connectivity index (χ4n) is 2.57. The Balaban J connectivity index is 2.90. The van der Waals surface area contributed by atoms with E-state index in [2.05, 4.69) is 5.32 Å². The summed E-state index contributed by atoms with van der Waals surface area (Å²) in [6, 6.07) is -1.24. The Kier molecular flexibility index (Phi) is 6.04. The lowest BCUT2D eigenvalue weighted by molar-refractivity contribution is -0.138. The SMILES string of the molecule is CC(C)(C)OC(=O)N[C@H](C(=O)N1C[C@@H](O)CC1CO)C(C)(C)C. The summed E-state index contributed by atoms with van der Waals surface area (Å²) in [5, 5.41) is 21.8. The van der Waals surface area contributed by atoms with Gasteiger partial charge in [0.25, 0.3) is 0 Å². The molecule has 2 amide bonds. The molecule has 1 fully saturated rings. The second-order valence-corrected chi connectivity index (χ2v) is 8.16. The number of carbonyl (C=O) groups is 2. The summed E-state index contributed by atoms with van der Waals surface area (Å²) in [4.78, 5) is 26.3. The molecule has 1 unspecified atom stereocenters. The Labute approximate surface area is 138 Å². The molecule has 0 aromatic rings. The van der Waals surface area contributed by atoms with Crippen molar-refractivity contribution >= 4 is 12.0 Å². The second-order valence-electron chi connectivity index (χ2n) is 8.16. The van der Waals surface area contributed by atoms with E-state index in [-0.39, 0.29) is 19.1 Å². The van der Waals surface area contributed by atoms with Gasteiger partial charge in [-0.15, -0.1) is 0 Å². The van der Waals surface area contributed by atoms with Gasteiger partial charge in [-0.2, -0.15) is 0 Å². The van der Waals surface area contributed by atoms with E-state index in [4.69, 9.17) is 4.74 Å². The van der Waals surface area contributed by atoms with Crippen LogP contribution in [-0.4, -0.2) is 64.1 Å². The Morgan fingerprint density at radius 2 is 1.83 bits per heavy atom. The molecule has 134 valence electrons. The summed E-state index contributed by atoms with van der Waals surface area (Å²) in [6.07, 6.45) is -0.977. The summed E-state index contributed by atoms with van der Waals surface area (Å²) in [7, 11) is 0.